The van der Waals surface area contributed by atoms with E-state index in [1.807, 2.05) is 6.08 Å². The van der Waals surface area contributed by atoms with E-state index in [9.17, 15) is 0 Å². The van der Waals surface area contributed by atoms with Crippen LogP contribution >= 0.6 is 0 Å². The van der Waals surface area contributed by atoms with E-state index in [-0.39, 0.29) is 0 Å². The molecule has 0 saturated heterocycles. The molecule has 0 unspecified atom stereocenters. The first-order valence-electron chi connectivity index (χ1n) is 3.85. The van der Waals surface area contributed by atoms with Crippen molar-refractivity contribution in [2.75, 3.05) is 19.8 Å². The van der Waals surface area contributed by atoms with Gasteiger partial charge in [-0.05, 0) is 12.5 Å². The molecule has 0 aromatic rings. The minimum absolute atomic E-state index is 0.498. The normalized spacial score (nSPS) is 15.9. The van der Waals surface area contributed by atoms with Gasteiger partial charge in [-0.25, -0.2) is 4.99 Å². The van der Waals surface area contributed by atoms with E-state index < -0.39 is 0 Å². The molecule has 0 saturated carbocycles. The lowest BCUT2D eigenvalue weighted by Crippen LogP contribution is -2.15. The molecule has 62 valence electrons. The fraction of sp³-hybridized carbons (Fsp3) is 0.625. The Labute approximate surface area is 66.7 Å². The number of aliphatic imine (C=N–C) groups is 1. The summed E-state index contributed by atoms with van der Waals surface area (Å²) in [7, 11) is 0. The van der Waals surface area contributed by atoms with E-state index in [0.29, 0.717) is 19.1 Å². The first-order chi connectivity index (χ1) is 5.43. The van der Waals surface area contributed by atoms with Crippen LogP contribution in [-0.4, -0.2) is 25.7 Å². The highest BCUT2D eigenvalue weighted by Gasteiger charge is 2.00. The first-order valence-corrected chi connectivity index (χ1v) is 3.85. The van der Waals surface area contributed by atoms with Gasteiger partial charge in [-0.2, -0.15) is 0 Å². The fourth-order valence-corrected chi connectivity index (χ4v) is 0.743. The third-order valence-corrected chi connectivity index (χ3v) is 1.24. The minimum Gasteiger partial charge on any atom is -0.475 e. The number of rotatable bonds is 4. The summed E-state index contributed by atoms with van der Waals surface area (Å²) in [6, 6.07) is 0. The summed E-state index contributed by atoms with van der Waals surface area (Å²) in [5.41, 5.74) is 0. The summed E-state index contributed by atoms with van der Waals surface area (Å²) in [6.07, 6.45) is 4.64. The third kappa shape index (κ3) is 3.18. The quantitative estimate of drug-likeness (QED) is 0.574. The second-order valence-corrected chi connectivity index (χ2v) is 2.27. The second-order valence-electron chi connectivity index (χ2n) is 2.27. The molecule has 3 nitrogen and oxygen atoms in total. The molecule has 0 atom stereocenters. The topological polar surface area (TPSA) is 30.8 Å². The molecule has 0 aliphatic carbocycles. The monoisotopic (exact) mass is 155 g/mol. The molecule has 0 spiro atoms. The van der Waals surface area contributed by atoms with Crippen LogP contribution in [0.25, 0.3) is 0 Å². The van der Waals surface area contributed by atoms with Gasteiger partial charge in [-0.1, -0.05) is 6.92 Å². The van der Waals surface area contributed by atoms with Crippen molar-refractivity contribution in [1.82, 2.24) is 0 Å². The maximum Gasteiger partial charge on any atom is 0.215 e. The van der Waals surface area contributed by atoms with Crippen LogP contribution in [0.15, 0.2) is 17.3 Å². The molecular weight excluding hydrogens is 142 g/mol. The summed E-state index contributed by atoms with van der Waals surface area (Å²) in [4.78, 5) is 3.99. The van der Waals surface area contributed by atoms with E-state index in [1.165, 1.54) is 0 Å². The zero-order valence-corrected chi connectivity index (χ0v) is 6.75. The van der Waals surface area contributed by atoms with Crippen molar-refractivity contribution < 1.29 is 9.47 Å². The Morgan fingerprint density at radius 3 is 3.27 bits per heavy atom. The number of nitrogens with zero attached hydrogens (tertiary/aromatic N) is 1. The maximum absolute atomic E-state index is 5.23. The number of hydrogen-bond acceptors (Lipinski definition) is 3. The van der Waals surface area contributed by atoms with E-state index in [4.69, 9.17) is 9.47 Å². The highest BCUT2D eigenvalue weighted by Crippen LogP contribution is 1.94. The Hall–Kier alpha value is -0.830. The summed E-state index contributed by atoms with van der Waals surface area (Å²) in [5, 5.41) is 0. The molecule has 0 fully saturated rings. The second kappa shape index (κ2) is 4.91. The molecular formula is C8H13NO2. The van der Waals surface area contributed by atoms with Gasteiger partial charge in [0.25, 0.3) is 0 Å². The van der Waals surface area contributed by atoms with Gasteiger partial charge in [0, 0.05) is 12.8 Å². The minimum atomic E-state index is 0.498. The molecule has 0 aromatic heterocycles. The van der Waals surface area contributed by atoms with Crippen molar-refractivity contribution in [3.63, 3.8) is 0 Å². The van der Waals surface area contributed by atoms with Gasteiger partial charge in [0.15, 0.2) is 0 Å². The van der Waals surface area contributed by atoms with Crippen LogP contribution in [-0.2, 0) is 9.47 Å². The highest BCUT2D eigenvalue weighted by atomic mass is 16.5. The Kier molecular flexibility index (Phi) is 3.69. The van der Waals surface area contributed by atoms with Crippen molar-refractivity contribution >= 4 is 5.90 Å². The molecule has 1 rings (SSSR count). The van der Waals surface area contributed by atoms with Gasteiger partial charge in [0.05, 0.1) is 0 Å². The van der Waals surface area contributed by atoms with Gasteiger partial charge in [0.1, 0.15) is 13.2 Å². The van der Waals surface area contributed by atoms with Crippen LogP contribution in [0.4, 0.5) is 0 Å². The van der Waals surface area contributed by atoms with Crippen LogP contribution in [0.1, 0.15) is 13.3 Å². The maximum atomic E-state index is 5.23. The zero-order chi connectivity index (χ0) is 7.94. The smallest absolute Gasteiger partial charge is 0.215 e. The van der Waals surface area contributed by atoms with Crippen LogP contribution in [0.3, 0.4) is 0 Å². The van der Waals surface area contributed by atoms with Gasteiger partial charge in [-0.15, -0.1) is 0 Å². The molecule has 0 aromatic carbocycles. The predicted molar refractivity (Wildman–Crippen MR) is 43.6 cm³/mol. The van der Waals surface area contributed by atoms with Crippen LogP contribution in [0.5, 0.6) is 0 Å². The van der Waals surface area contributed by atoms with Crippen molar-refractivity contribution in [2.24, 2.45) is 4.99 Å². The lowest BCUT2D eigenvalue weighted by Gasteiger charge is -2.09. The highest BCUT2D eigenvalue weighted by molar-refractivity contribution is 5.78. The Bertz CT molecular complexity index is 163. The molecule has 0 N–H and O–H groups in total. The molecule has 0 amide bonds. The molecule has 1 aliphatic heterocycles. The lowest BCUT2D eigenvalue weighted by atomic mass is 10.5. The molecule has 0 radical (unpaired) electrons. The van der Waals surface area contributed by atoms with Crippen LogP contribution in [0.2, 0.25) is 0 Å². The molecule has 11 heavy (non-hydrogen) atoms. The Morgan fingerprint density at radius 1 is 1.73 bits per heavy atom. The van der Waals surface area contributed by atoms with E-state index >= 15 is 0 Å². The van der Waals surface area contributed by atoms with Crippen LogP contribution < -0.4 is 0 Å². The molecule has 3 heteroatoms. The van der Waals surface area contributed by atoms with Gasteiger partial charge < -0.3 is 9.47 Å². The van der Waals surface area contributed by atoms with Crippen molar-refractivity contribution in [2.45, 2.75) is 13.3 Å². The average Bonchev–Trinajstić information content (AvgIpc) is 2.07. The van der Waals surface area contributed by atoms with Gasteiger partial charge in [-0.3, -0.25) is 0 Å². The molecule has 0 bridgehead atoms. The summed E-state index contributed by atoms with van der Waals surface area (Å²) >= 11 is 0. The van der Waals surface area contributed by atoms with Crippen molar-refractivity contribution in [3.8, 4) is 0 Å². The van der Waals surface area contributed by atoms with Gasteiger partial charge in [0.2, 0.25) is 5.90 Å². The first kappa shape index (κ1) is 8.27. The van der Waals surface area contributed by atoms with E-state index in [0.717, 1.165) is 13.0 Å². The van der Waals surface area contributed by atoms with E-state index in [1.54, 1.807) is 6.20 Å². The van der Waals surface area contributed by atoms with E-state index in [2.05, 4.69) is 11.9 Å². The summed E-state index contributed by atoms with van der Waals surface area (Å²) in [5.74, 6) is 0.681. The fourth-order valence-electron chi connectivity index (χ4n) is 0.743. The average molecular weight is 155 g/mol. The molecule has 1 heterocycles. The summed E-state index contributed by atoms with van der Waals surface area (Å²) < 4.78 is 10.4. The van der Waals surface area contributed by atoms with Crippen molar-refractivity contribution in [3.05, 3.63) is 12.3 Å². The van der Waals surface area contributed by atoms with Gasteiger partial charge >= 0.3 is 0 Å². The Morgan fingerprint density at radius 2 is 2.64 bits per heavy atom. The largest absolute Gasteiger partial charge is 0.475 e. The summed E-state index contributed by atoms with van der Waals surface area (Å²) in [6.45, 7) is 3.96. The number of hydrogen-bond donors (Lipinski definition) is 0. The van der Waals surface area contributed by atoms with Crippen molar-refractivity contribution in [1.29, 1.82) is 0 Å². The SMILES string of the molecule is CCCOCC1=NC=CCO1. The third-order valence-electron chi connectivity index (χ3n) is 1.24. The van der Waals surface area contributed by atoms with Crippen LogP contribution in [0, 0.1) is 0 Å². The zero-order valence-electron chi connectivity index (χ0n) is 6.75. The number of ether oxygens (including phenoxy) is 2. The molecule has 1 aliphatic rings. The Balaban J connectivity index is 2.15. The standard InChI is InChI=1S/C8H13NO2/c1-2-5-10-7-8-9-4-3-6-11-8/h3-4H,2,5-7H2,1H3. The predicted octanol–water partition coefficient (Wildman–Crippen LogP) is 1.36. The lowest BCUT2D eigenvalue weighted by molar-refractivity contribution is 0.152.